The van der Waals surface area contributed by atoms with Crippen LogP contribution < -0.4 is 5.32 Å². The summed E-state index contributed by atoms with van der Waals surface area (Å²) in [5, 5.41) is 12.6. The van der Waals surface area contributed by atoms with Crippen LogP contribution in [0.3, 0.4) is 0 Å². The zero-order valence-electron chi connectivity index (χ0n) is 14.6. The van der Waals surface area contributed by atoms with Gasteiger partial charge >= 0.3 is 0 Å². The van der Waals surface area contributed by atoms with Crippen LogP contribution in [-0.4, -0.2) is 51.5 Å². The van der Waals surface area contributed by atoms with Crippen LogP contribution >= 0.6 is 0 Å². The highest BCUT2D eigenvalue weighted by Gasteiger charge is 2.30. The van der Waals surface area contributed by atoms with E-state index in [1.807, 2.05) is 31.2 Å². The van der Waals surface area contributed by atoms with Crippen molar-refractivity contribution in [2.45, 2.75) is 31.8 Å². The van der Waals surface area contributed by atoms with Crippen molar-refractivity contribution in [3.05, 3.63) is 48.0 Å². The van der Waals surface area contributed by atoms with E-state index in [0.717, 1.165) is 28.8 Å². The number of amides is 2. The molecule has 1 saturated heterocycles. The van der Waals surface area contributed by atoms with Crippen molar-refractivity contribution < 1.29 is 14.7 Å². The van der Waals surface area contributed by atoms with Crippen LogP contribution in [0.5, 0.6) is 0 Å². The Kier molecular flexibility index (Phi) is 5.58. The fraction of sp³-hybridized carbons (Fsp3) is 0.368. The molecule has 26 heavy (non-hydrogen) atoms. The lowest BCUT2D eigenvalue weighted by atomic mass is 10.0. The molecule has 2 atom stereocenters. The van der Waals surface area contributed by atoms with Gasteiger partial charge in [-0.2, -0.15) is 0 Å². The summed E-state index contributed by atoms with van der Waals surface area (Å²) >= 11 is 0. The number of aryl methyl sites for hydroxylation is 1. The Bertz CT molecular complexity index is 779. The first-order valence-electron chi connectivity index (χ1n) is 8.63. The molecule has 7 nitrogen and oxygen atoms in total. The van der Waals surface area contributed by atoms with E-state index in [9.17, 15) is 14.7 Å². The SMILES string of the molecule is Cc1ncncc1-c1ccc(C(CO)NC(=O)C2CCCN2C=O)cc1. The van der Waals surface area contributed by atoms with Gasteiger partial charge < -0.3 is 15.3 Å². The molecule has 2 unspecified atom stereocenters. The third-order valence-corrected chi connectivity index (χ3v) is 4.77. The van der Waals surface area contributed by atoms with Gasteiger partial charge in [0.1, 0.15) is 12.4 Å². The molecule has 2 aromatic rings. The summed E-state index contributed by atoms with van der Waals surface area (Å²) < 4.78 is 0. The van der Waals surface area contributed by atoms with Crippen molar-refractivity contribution in [2.24, 2.45) is 0 Å². The van der Waals surface area contributed by atoms with Crippen molar-refractivity contribution in [3.63, 3.8) is 0 Å². The lowest BCUT2D eigenvalue weighted by molar-refractivity contribution is -0.131. The Balaban J connectivity index is 1.73. The van der Waals surface area contributed by atoms with Crippen LogP contribution in [0.2, 0.25) is 0 Å². The average molecular weight is 354 g/mol. The summed E-state index contributed by atoms with van der Waals surface area (Å²) in [4.78, 5) is 33.2. The Labute approximate surface area is 152 Å². The molecule has 0 saturated carbocycles. The first kappa shape index (κ1) is 18.0. The van der Waals surface area contributed by atoms with Gasteiger partial charge in [-0.25, -0.2) is 9.97 Å². The van der Waals surface area contributed by atoms with Crippen molar-refractivity contribution in [1.29, 1.82) is 0 Å². The highest BCUT2D eigenvalue weighted by atomic mass is 16.3. The number of aromatic nitrogens is 2. The topological polar surface area (TPSA) is 95.4 Å². The van der Waals surface area contributed by atoms with Gasteiger partial charge in [-0.3, -0.25) is 9.59 Å². The van der Waals surface area contributed by atoms with Crippen LogP contribution in [0, 0.1) is 6.92 Å². The fourth-order valence-corrected chi connectivity index (χ4v) is 3.27. The van der Waals surface area contributed by atoms with Gasteiger partial charge in [0.15, 0.2) is 0 Å². The van der Waals surface area contributed by atoms with Gasteiger partial charge in [-0.05, 0) is 30.9 Å². The summed E-state index contributed by atoms with van der Waals surface area (Å²) in [6, 6.07) is 6.61. The van der Waals surface area contributed by atoms with Gasteiger partial charge in [0.05, 0.1) is 12.6 Å². The maximum atomic E-state index is 12.5. The largest absolute Gasteiger partial charge is 0.394 e. The quantitative estimate of drug-likeness (QED) is 0.761. The maximum absolute atomic E-state index is 12.5. The second kappa shape index (κ2) is 8.05. The van der Waals surface area contributed by atoms with Crippen LogP contribution in [-0.2, 0) is 9.59 Å². The number of benzene rings is 1. The lowest BCUT2D eigenvalue weighted by Gasteiger charge is -2.23. The molecule has 1 aromatic heterocycles. The molecular weight excluding hydrogens is 332 g/mol. The number of rotatable bonds is 6. The lowest BCUT2D eigenvalue weighted by Crippen LogP contribution is -2.44. The summed E-state index contributed by atoms with van der Waals surface area (Å²) in [6.07, 6.45) is 5.44. The number of likely N-dealkylation sites (tertiary alicyclic amines) is 1. The molecule has 136 valence electrons. The Morgan fingerprint density at radius 3 is 2.85 bits per heavy atom. The predicted molar refractivity (Wildman–Crippen MR) is 96.0 cm³/mol. The van der Waals surface area contributed by atoms with E-state index in [1.165, 1.54) is 11.2 Å². The molecule has 0 aliphatic carbocycles. The number of hydrogen-bond acceptors (Lipinski definition) is 5. The molecule has 1 aliphatic heterocycles. The van der Waals surface area contributed by atoms with E-state index >= 15 is 0 Å². The second-order valence-electron chi connectivity index (χ2n) is 6.39. The summed E-state index contributed by atoms with van der Waals surface area (Å²) in [5.74, 6) is -0.231. The maximum Gasteiger partial charge on any atom is 0.243 e. The zero-order chi connectivity index (χ0) is 18.5. The average Bonchev–Trinajstić information content (AvgIpc) is 3.15. The molecule has 1 aliphatic rings. The summed E-state index contributed by atoms with van der Waals surface area (Å²) in [5.41, 5.74) is 3.60. The Morgan fingerprint density at radius 2 is 2.19 bits per heavy atom. The van der Waals surface area contributed by atoms with E-state index in [2.05, 4.69) is 15.3 Å². The third-order valence-electron chi connectivity index (χ3n) is 4.77. The normalized spacial score (nSPS) is 17.8. The first-order chi connectivity index (χ1) is 12.6. The van der Waals surface area contributed by atoms with Crippen molar-refractivity contribution in [2.75, 3.05) is 13.2 Å². The number of nitrogens with one attached hydrogen (secondary N) is 1. The molecule has 2 N–H and O–H groups in total. The number of aliphatic hydroxyl groups excluding tert-OH is 1. The first-order valence-corrected chi connectivity index (χ1v) is 8.63. The van der Waals surface area contributed by atoms with Crippen molar-refractivity contribution in [3.8, 4) is 11.1 Å². The van der Waals surface area contributed by atoms with E-state index in [4.69, 9.17) is 0 Å². The number of carbonyl (C=O) groups excluding carboxylic acids is 2. The van der Waals surface area contributed by atoms with Crippen LogP contribution in [0.4, 0.5) is 0 Å². The summed E-state index contributed by atoms with van der Waals surface area (Å²) in [6.45, 7) is 2.30. The highest BCUT2D eigenvalue weighted by molar-refractivity contribution is 5.84. The minimum absolute atomic E-state index is 0.216. The van der Waals surface area contributed by atoms with Crippen molar-refractivity contribution in [1.82, 2.24) is 20.2 Å². The Hall–Kier alpha value is -2.80. The molecule has 0 bridgehead atoms. The van der Waals surface area contributed by atoms with Crippen LogP contribution in [0.1, 0.15) is 30.1 Å². The molecule has 7 heteroatoms. The van der Waals surface area contributed by atoms with Gasteiger partial charge in [0, 0.05) is 24.0 Å². The molecule has 3 rings (SSSR count). The van der Waals surface area contributed by atoms with Crippen molar-refractivity contribution >= 4 is 12.3 Å². The number of nitrogens with zero attached hydrogens (tertiary/aromatic N) is 3. The van der Waals surface area contributed by atoms with Gasteiger partial charge in [0.25, 0.3) is 0 Å². The molecule has 0 spiro atoms. The highest BCUT2D eigenvalue weighted by Crippen LogP contribution is 2.24. The number of aliphatic hydroxyl groups is 1. The Morgan fingerprint density at radius 1 is 1.42 bits per heavy atom. The van der Waals surface area contributed by atoms with E-state index in [-0.39, 0.29) is 12.5 Å². The van der Waals surface area contributed by atoms with E-state index in [1.54, 1.807) is 6.20 Å². The molecular formula is C19H22N4O3. The fourth-order valence-electron chi connectivity index (χ4n) is 3.27. The van der Waals surface area contributed by atoms with E-state index < -0.39 is 12.1 Å². The predicted octanol–water partition coefficient (Wildman–Crippen LogP) is 1.22. The molecule has 1 fully saturated rings. The number of hydrogen-bond donors (Lipinski definition) is 2. The molecule has 2 amide bonds. The van der Waals surface area contributed by atoms with Crippen LogP contribution in [0.15, 0.2) is 36.8 Å². The molecule has 1 aromatic carbocycles. The monoisotopic (exact) mass is 354 g/mol. The van der Waals surface area contributed by atoms with Crippen LogP contribution in [0.25, 0.3) is 11.1 Å². The smallest absolute Gasteiger partial charge is 0.243 e. The summed E-state index contributed by atoms with van der Waals surface area (Å²) in [7, 11) is 0. The third kappa shape index (κ3) is 3.72. The van der Waals surface area contributed by atoms with Gasteiger partial charge in [-0.1, -0.05) is 24.3 Å². The molecule has 2 heterocycles. The number of carbonyl (C=O) groups is 2. The second-order valence-corrected chi connectivity index (χ2v) is 6.39. The molecule has 0 radical (unpaired) electrons. The standard InChI is InChI=1S/C19H22N4O3/c1-13-16(9-20-11-21-13)14-4-6-15(7-5-14)17(10-24)22-19(26)18-3-2-8-23(18)12-25/h4-7,9,11-12,17-18,24H,2-3,8,10H2,1H3,(H,22,26). The van der Waals surface area contributed by atoms with E-state index in [0.29, 0.717) is 19.4 Å². The minimum Gasteiger partial charge on any atom is -0.394 e. The zero-order valence-corrected chi connectivity index (χ0v) is 14.6. The van der Waals surface area contributed by atoms with Gasteiger partial charge in [-0.15, -0.1) is 0 Å². The van der Waals surface area contributed by atoms with Gasteiger partial charge in [0.2, 0.25) is 12.3 Å². The minimum atomic E-state index is -0.515.